The minimum atomic E-state index is -3.72. The Labute approximate surface area is 195 Å². The van der Waals surface area contributed by atoms with Crippen molar-refractivity contribution in [3.63, 3.8) is 0 Å². The molecule has 1 aromatic heterocycles. The molecule has 33 heavy (non-hydrogen) atoms. The van der Waals surface area contributed by atoms with Gasteiger partial charge in [0, 0.05) is 25.7 Å². The van der Waals surface area contributed by atoms with Crippen LogP contribution in [0.1, 0.15) is 36.7 Å². The fraction of sp³-hybridized carbons (Fsp3) is 0.417. The summed E-state index contributed by atoms with van der Waals surface area (Å²) in [5.41, 5.74) is 1.04. The Morgan fingerprint density at radius 1 is 1.33 bits per heavy atom. The Morgan fingerprint density at radius 2 is 2.03 bits per heavy atom. The third kappa shape index (κ3) is 5.43. The van der Waals surface area contributed by atoms with Crippen molar-refractivity contribution in [3.05, 3.63) is 59.8 Å². The van der Waals surface area contributed by atoms with Crippen LogP contribution in [0.3, 0.4) is 0 Å². The summed E-state index contributed by atoms with van der Waals surface area (Å²) < 4.78 is 33.5. The number of hydrogen-bond acceptors (Lipinski definition) is 6. The fourth-order valence-electron chi connectivity index (χ4n) is 3.74. The molecule has 3 atom stereocenters. The SMILES string of the molecule is C/C=C/c1cnc2c(c1)C(=O)N([C@@H](C)CO)C[C@H](C)[C@@H](CN(C)S(=O)(=O)c1ccccc1)O2. The number of hydrogen-bond donors (Lipinski definition) is 1. The standard InChI is InChI=1S/C24H31N3O5S/c1-5-9-19-12-21-23(25-13-19)32-22(17(2)14-27(24(21)29)18(3)16-28)15-26(4)33(30,31)20-10-7-6-8-11-20/h5-13,17-18,22,28H,14-16H2,1-4H3/b9-5+/t17-,18-,22+/m0/s1. The average molecular weight is 474 g/mol. The van der Waals surface area contributed by atoms with E-state index in [0.29, 0.717) is 6.54 Å². The van der Waals surface area contributed by atoms with E-state index < -0.39 is 22.2 Å². The van der Waals surface area contributed by atoms with Crippen LogP contribution in [0.25, 0.3) is 6.08 Å². The fourth-order valence-corrected chi connectivity index (χ4v) is 4.95. The first-order valence-corrected chi connectivity index (χ1v) is 12.4. The number of carbonyl (C=O) groups excluding carboxylic acids is 1. The smallest absolute Gasteiger partial charge is 0.259 e. The zero-order valence-corrected chi connectivity index (χ0v) is 20.2. The van der Waals surface area contributed by atoms with Crippen LogP contribution in [0.2, 0.25) is 0 Å². The molecule has 8 nitrogen and oxygen atoms in total. The molecule has 9 heteroatoms. The van der Waals surface area contributed by atoms with Gasteiger partial charge < -0.3 is 14.7 Å². The number of amides is 1. The normalized spacial score (nSPS) is 20.3. The second kappa shape index (κ2) is 10.5. The third-order valence-corrected chi connectivity index (χ3v) is 7.63. The van der Waals surface area contributed by atoms with Crippen LogP contribution in [0, 0.1) is 5.92 Å². The highest BCUT2D eigenvalue weighted by Crippen LogP contribution is 2.28. The summed E-state index contributed by atoms with van der Waals surface area (Å²) >= 11 is 0. The van der Waals surface area contributed by atoms with E-state index in [1.807, 2.05) is 26.0 Å². The van der Waals surface area contributed by atoms with Gasteiger partial charge in [0.15, 0.2) is 0 Å². The van der Waals surface area contributed by atoms with Gasteiger partial charge in [-0.1, -0.05) is 37.3 Å². The molecule has 178 valence electrons. The Morgan fingerprint density at radius 3 is 2.67 bits per heavy atom. The first-order chi connectivity index (χ1) is 15.7. The zero-order chi connectivity index (χ0) is 24.2. The van der Waals surface area contributed by atoms with Crippen molar-refractivity contribution in [2.75, 3.05) is 26.7 Å². The number of allylic oxidation sites excluding steroid dienone is 1. The van der Waals surface area contributed by atoms with Crippen LogP contribution in [0.5, 0.6) is 5.88 Å². The zero-order valence-electron chi connectivity index (χ0n) is 19.4. The summed E-state index contributed by atoms with van der Waals surface area (Å²) in [5, 5.41) is 9.74. The molecule has 3 rings (SSSR count). The monoisotopic (exact) mass is 473 g/mol. The molecule has 1 amide bonds. The lowest BCUT2D eigenvalue weighted by Gasteiger charge is -2.37. The second-order valence-corrected chi connectivity index (χ2v) is 10.4. The van der Waals surface area contributed by atoms with E-state index in [2.05, 4.69) is 4.98 Å². The van der Waals surface area contributed by atoms with Crippen LogP contribution in [-0.4, -0.2) is 72.5 Å². The molecule has 1 aliphatic rings. The van der Waals surface area contributed by atoms with Gasteiger partial charge in [-0.25, -0.2) is 13.4 Å². The number of sulfonamides is 1. The molecule has 0 fully saturated rings. The number of rotatable bonds is 7. The molecule has 0 saturated heterocycles. The summed E-state index contributed by atoms with van der Waals surface area (Å²) in [6, 6.07) is 9.52. The van der Waals surface area contributed by atoms with Gasteiger partial charge >= 0.3 is 0 Å². The highest BCUT2D eigenvalue weighted by molar-refractivity contribution is 7.89. The number of likely N-dealkylation sites (N-methyl/N-ethyl adjacent to an activating group) is 1. The Kier molecular flexibility index (Phi) is 7.88. The number of carbonyl (C=O) groups is 1. The predicted molar refractivity (Wildman–Crippen MR) is 126 cm³/mol. The number of aliphatic hydroxyl groups excluding tert-OH is 1. The molecule has 0 saturated carbocycles. The highest BCUT2D eigenvalue weighted by atomic mass is 32.2. The van der Waals surface area contributed by atoms with Gasteiger partial charge in [-0.05, 0) is 37.6 Å². The van der Waals surface area contributed by atoms with Gasteiger partial charge in [-0.2, -0.15) is 4.31 Å². The minimum Gasteiger partial charge on any atom is -0.472 e. The maximum atomic E-state index is 13.3. The third-order valence-electron chi connectivity index (χ3n) is 5.79. The lowest BCUT2D eigenvalue weighted by atomic mass is 10.00. The molecule has 2 aromatic rings. The second-order valence-electron chi connectivity index (χ2n) is 8.34. The number of benzene rings is 1. The van der Waals surface area contributed by atoms with Gasteiger partial charge in [-0.3, -0.25) is 4.79 Å². The topological polar surface area (TPSA) is 100 Å². The highest BCUT2D eigenvalue weighted by Gasteiger charge is 2.35. The van der Waals surface area contributed by atoms with Gasteiger partial charge in [0.05, 0.1) is 24.1 Å². The van der Waals surface area contributed by atoms with E-state index >= 15 is 0 Å². The van der Waals surface area contributed by atoms with Crippen molar-refractivity contribution >= 4 is 22.0 Å². The number of fused-ring (bicyclic) bond motifs is 1. The van der Waals surface area contributed by atoms with E-state index in [4.69, 9.17) is 4.74 Å². The number of ether oxygens (including phenoxy) is 1. The van der Waals surface area contributed by atoms with E-state index in [9.17, 15) is 18.3 Å². The van der Waals surface area contributed by atoms with Crippen LogP contribution < -0.4 is 4.74 Å². The molecule has 0 unspecified atom stereocenters. The Hall–Kier alpha value is -2.75. The Bertz CT molecular complexity index is 1100. The van der Waals surface area contributed by atoms with Gasteiger partial charge in [0.2, 0.25) is 15.9 Å². The van der Waals surface area contributed by atoms with Crippen molar-refractivity contribution < 1.29 is 23.1 Å². The van der Waals surface area contributed by atoms with Gasteiger partial charge in [-0.15, -0.1) is 0 Å². The van der Waals surface area contributed by atoms with Crippen molar-refractivity contribution in [3.8, 4) is 5.88 Å². The molecule has 0 bridgehead atoms. The summed E-state index contributed by atoms with van der Waals surface area (Å²) in [7, 11) is -2.20. The molecular weight excluding hydrogens is 442 g/mol. The molecule has 1 aromatic carbocycles. The lowest BCUT2D eigenvalue weighted by Crippen LogP contribution is -2.50. The molecule has 1 aliphatic heterocycles. The predicted octanol–water partition coefficient (Wildman–Crippen LogP) is 2.66. The molecule has 2 heterocycles. The molecule has 0 aliphatic carbocycles. The van der Waals surface area contributed by atoms with Gasteiger partial charge in [0.1, 0.15) is 11.7 Å². The summed E-state index contributed by atoms with van der Waals surface area (Å²) in [6.45, 7) is 5.73. The quantitative estimate of drug-likeness (QED) is 0.664. The molecule has 0 spiro atoms. The van der Waals surface area contributed by atoms with Crippen molar-refractivity contribution in [1.29, 1.82) is 0 Å². The van der Waals surface area contributed by atoms with Crippen LogP contribution in [0.15, 0.2) is 53.6 Å². The maximum Gasteiger partial charge on any atom is 0.259 e. The summed E-state index contributed by atoms with van der Waals surface area (Å²) in [4.78, 5) is 19.5. The molecular formula is C24H31N3O5S. The summed E-state index contributed by atoms with van der Waals surface area (Å²) in [5.74, 6) is -0.340. The maximum absolute atomic E-state index is 13.3. The summed E-state index contributed by atoms with van der Waals surface area (Å²) in [6.07, 6.45) is 4.73. The minimum absolute atomic E-state index is 0.0751. The number of pyridine rings is 1. The van der Waals surface area contributed by atoms with Gasteiger partial charge in [0.25, 0.3) is 5.91 Å². The molecule has 0 radical (unpaired) electrons. The largest absolute Gasteiger partial charge is 0.472 e. The Balaban J connectivity index is 1.98. The van der Waals surface area contributed by atoms with E-state index in [0.717, 1.165) is 5.56 Å². The number of aromatic nitrogens is 1. The lowest BCUT2D eigenvalue weighted by molar-refractivity contribution is 0.0373. The average Bonchev–Trinajstić information content (AvgIpc) is 2.81. The van der Waals surface area contributed by atoms with Crippen LogP contribution in [-0.2, 0) is 10.0 Å². The van der Waals surface area contributed by atoms with E-state index in [1.54, 1.807) is 54.4 Å². The first-order valence-electron chi connectivity index (χ1n) is 10.9. The molecule has 1 N–H and O–H groups in total. The first kappa shape index (κ1) is 24.9. The van der Waals surface area contributed by atoms with Crippen molar-refractivity contribution in [2.24, 2.45) is 5.92 Å². The van der Waals surface area contributed by atoms with Crippen molar-refractivity contribution in [2.45, 2.75) is 37.8 Å². The number of nitrogens with zero attached hydrogens (tertiary/aromatic N) is 3. The van der Waals surface area contributed by atoms with Crippen LogP contribution in [0.4, 0.5) is 0 Å². The van der Waals surface area contributed by atoms with Crippen LogP contribution >= 0.6 is 0 Å². The number of aliphatic hydroxyl groups is 1. The van der Waals surface area contributed by atoms with E-state index in [-0.39, 0.29) is 41.3 Å². The van der Waals surface area contributed by atoms with E-state index in [1.165, 1.54) is 11.4 Å². The van der Waals surface area contributed by atoms with Crippen molar-refractivity contribution in [1.82, 2.24) is 14.2 Å².